The van der Waals surface area contributed by atoms with Crippen molar-refractivity contribution in [1.82, 2.24) is 4.90 Å². The number of rotatable bonds is 2. The molecule has 2 aliphatic rings. The van der Waals surface area contributed by atoms with E-state index in [1.54, 1.807) is 11.0 Å². The molecule has 0 radical (unpaired) electrons. The highest BCUT2D eigenvalue weighted by Crippen LogP contribution is 2.34. The van der Waals surface area contributed by atoms with Crippen LogP contribution in [0.15, 0.2) is 22.7 Å². The van der Waals surface area contributed by atoms with Crippen molar-refractivity contribution in [2.24, 2.45) is 5.92 Å². The predicted molar refractivity (Wildman–Crippen MR) is 80.8 cm³/mol. The molecule has 1 saturated heterocycles. The van der Waals surface area contributed by atoms with E-state index in [0.29, 0.717) is 16.7 Å². The third-order valence-corrected chi connectivity index (χ3v) is 4.83. The molecule has 5 heteroatoms. The molecule has 0 spiro atoms. The van der Waals surface area contributed by atoms with Gasteiger partial charge in [0.15, 0.2) is 0 Å². The summed E-state index contributed by atoms with van der Waals surface area (Å²) >= 11 is 3.36. The summed E-state index contributed by atoms with van der Waals surface area (Å²) < 4.78 is 0.697. The Labute approximate surface area is 126 Å². The van der Waals surface area contributed by atoms with Crippen molar-refractivity contribution in [3.05, 3.63) is 28.2 Å². The SMILES string of the molecule is CC1CCN(CN2C(=O)C(=O)c3c(Br)cccc32)CC1. The van der Waals surface area contributed by atoms with Crippen LogP contribution in [0.4, 0.5) is 5.69 Å². The minimum absolute atomic E-state index is 0.405. The number of hydrogen-bond acceptors (Lipinski definition) is 3. The van der Waals surface area contributed by atoms with Gasteiger partial charge in [0.1, 0.15) is 0 Å². The third-order valence-electron chi connectivity index (χ3n) is 4.17. The van der Waals surface area contributed by atoms with Crippen molar-refractivity contribution in [2.75, 3.05) is 24.7 Å². The topological polar surface area (TPSA) is 40.6 Å². The fourth-order valence-corrected chi connectivity index (χ4v) is 3.38. The Morgan fingerprint density at radius 2 is 1.95 bits per heavy atom. The number of fused-ring (bicyclic) bond motifs is 1. The number of piperidine rings is 1. The summed E-state index contributed by atoms with van der Waals surface area (Å²) in [5.41, 5.74) is 1.23. The zero-order valence-corrected chi connectivity index (χ0v) is 13.0. The molecule has 0 aliphatic carbocycles. The van der Waals surface area contributed by atoms with Gasteiger partial charge in [-0.25, -0.2) is 0 Å². The van der Waals surface area contributed by atoms with Crippen LogP contribution < -0.4 is 4.90 Å². The standard InChI is InChI=1S/C15H17BrN2O2/c1-10-5-7-17(8-6-10)9-18-12-4-2-3-11(16)13(12)14(19)15(18)20/h2-4,10H,5-9H2,1H3. The zero-order valence-electron chi connectivity index (χ0n) is 11.4. The Kier molecular flexibility index (Phi) is 3.65. The van der Waals surface area contributed by atoms with Crippen LogP contribution >= 0.6 is 15.9 Å². The van der Waals surface area contributed by atoms with Gasteiger partial charge in [0.2, 0.25) is 0 Å². The summed E-state index contributed by atoms with van der Waals surface area (Å²) in [6.07, 6.45) is 2.31. The van der Waals surface area contributed by atoms with Crippen LogP contribution in [0.3, 0.4) is 0 Å². The van der Waals surface area contributed by atoms with E-state index in [1.165, 1.54) is 0 Å². The molecule has 1 aromatic carbocycles. The average Bonchev–Trinajstić information content (AvgIpc) is 2.67. The number of halogens is 1. The first kappa shape index (κ1) is 13.8. The van der Waals surface area contributed by atoms with Crippen LogP contribution in [0.25, 0.3) is 0 Å². The van der Waals surface area contributed by atoms with Gasteiger partial charge in [0, 0.05) is 17.6 Å². The first-order valence-electron chi connectivity index (χ1n) is 6.95. The lowest BCUT2D eigenvalue weighted by Gasteiger charge is -2.33. The Hall–Kier alpha value is -1.20. The number of carbonyl (C=O) groups is 2. The maximum absolute atomic E-state index is 12.2. The number of ketones is 1. The summed E-state index contributed by atoms with van der Waals surface area (Å²) in [5, 5.41) is 0. The molecular weight excluding hydrogens is 320 g/mol. The smallest absolute Gasteiger partial charge is 0.291 e. The second-order valence-corrected chi connectivity index (χ2v) is 6.49. The molecule has 0 unspecified atom stereocenters. The van der Waals surface area contributed by atoms with Gasteiger partial charge in [-0.2, -0.15) is 0 Å². The fourth-order valence-electron chi connectivity index (χ4n) is 2.85. The molecule has 106 valence electrons. The van der Waals surface area contributed by atoms with Crippen LogP contribution in [-0.2, 0) is 4.79 Å². The van der Waals surface area contributed by atoms with E-state index in [-0.39, 0.29) is 0 Å². The van der Waals surface area contributed by atoms with Crippen LogP contribution in [0, 0.1) is 5.92 Å². The Balaban J connectivity index is 1.83. The van der Waals surface area contributed by atoms with E-state index >= 15 is 0 Å². The second kappa shape index (κ2) is 5.30. The van der Waals surface area contributed by atoms with Gasteiger partial charge in [0.25, 0.3) is 5.78 Å². The Morgan fingerprint density at radius 1 is 1.25 bits per heavy atom. The second-order valence-electron chi connectivity index (χ2n) is 5.64. The number of amides is 1. The van der Waals surface area contributed by atoms with E-state index in [9.17, 15) is 9.59 Å². The molecule has 0 aromatic heterocycles. The van der Waals surface area contributed by atoms with Gasteiger partial charge in [-0.3, -0.25) is 19.4 Å². The molecule has 0 N–H and O–H groups in total. The lowest BCUT2D eigenvalue weighted by molar-refractivity contribution is -0.114. The summed E-state index contributed by atoms with van der Waals surface area (Å²) in [4.78, 5) is 28.1. The molecule has 1 fully saturated rings. The summed E-state index contributed by atoms with van der Waals surface area (Å²) in [6, 6.07) is 5.51. The summed E-state index contributed by atoms with van der Waals surface area (Å²) in [7, 11) is 0. The van der Waals surface area contributed by atoms with Gasteiger partial charge in [0.05, 0.1) is 17.9 Å². The molecule has 1 aromatic rings. The van der Waals surface area contributed by atoms with Crippen LogP contribution in [-0.4, -0.2) is 36.3 Å². The number of anilines is 1. The predicted octanol–water partition coefficient (Wildman–Crippen LogP) is 2.67. The molecule has 1 amide bonds. The average molecular weight is 337 g/mol. The molecule has 0 bridgehead atoms. The van der Waals surface area contributed by atoms with Gasteiger partial charge < -0.3 is 0 Å². The molecule has 0 atom stereocenters. The first-order valence-corrected chi connectivity index (χ1v) is 7.74. The van der Waals surface area contributed by atoms with Crippen LogP contribution in [0.1, 0.15) is 30.1 Å². The molecule has 3 rings (SSSR count). The van der Waals surface area contributed by atoms with Gasteiger partial charge in [-0.05, 0) is 46.8 Å². The van der Waals surface area contributed by atoms with Crippen LogP contribution in [0.5, 0.6) is 0 Å². The van der Waals surface area contributed by atoms with E-state index < -0.39 is 11.7 Å². The maximum Gasteiger partial charge on any atom is 0.300 e. The van der Waals surface area contributed by atoms with Crippen molar-refractivity contribution >= 4 is 33.3 Å². The van der Waals surface area contributed by atoms with Crippen molar-refractivity contribution in [3.8, 4) is 0 Å². The fraction of sp³-hybridized carbons (Fsp3) is 0.467. The first-order chi connectivity index (χ1) is 9.58. The van der Waals surface area contributed by atoms with E-state index in [4.69, 9.17) is 0 Å². The highest BCUT2D eigenvalue weighted by molar-refractivity contribution is 9.10. The largest absolute Gasteiger partial charge is 0.300 e. The summed E-state index contributed by atoms with van der Waals surface area (Å²) in [5.74, 6) is -0.0630. The quantitative estimate of drug-likeness (QED) is 0.779. The lowest BCUT2D eigenvalue weighted by atomic mass is 10.00. The van der Waals surface area contributed by atoms with Crippen molar-refractivity contribution < 1.29 is 9.59 Å². The zero-order chi connectivity index (χ0) is 14.3. The third kappa shape index (κ3) is 2.29. The Morgan fingerprint density at radius 3 is 2.65 bits per heavy atom. The number of nitrogens with zero attached hydrogens (tertiary/aromatic N) is 2. The molecule has 2 heterocycles. The van der Waals surface area contributed by atoms with Crippen LogP contribution in [0.2, 0.25) is 0 Å². The van der Waals surface area contributed by atoms with E-state index in [1.807, 2.05) is 12.1 Å². The molecule has 0 saturated carbocycles. The molecular formula is C15H17BrN2O2. The highest BCUT2D eigenvalue weighted by atomic mass is 79.9. The van der Waals surface area contributed by atoms with Gasteiger partial charge in [-0.15, -0.1) is 0 Å². The van der Waals surface area contributed by atoms with Gasteiger partial charge >= 0.3 is 5.91 Å². The number of carbonyl (C=O) groups excluding carboxylic acids is 2. The number of benzene rings is 1. The van der Waals surface area contributed by atoms with Crippen molar-refractivity contribution in [3.63, 3.8) is 0 Å². The molecule has 4 nitrogen and oxygen atoms in total. The minimum Gasteiger partial charge on any atom is -0.291 e. The maximum atomic E-state index is 12.2. The van der Waals surface area contributed by atoms with Crippen molar-refractivity contribution in [2.45, 2.75) is 19.8 Å². The van der Waals surface area contributed by atoms with Gasteiger partial charge in [-0.1, -0.05) is 13.0 Å². The monoisotopic (exact) mass is 336 g/mol. The lowest BCUT2D eigenvalue weighted by Crippen LogP contribution is -2.44. The van der Waals surface area contributed by atoms with E-state index in [0.717, 1.165) is 37.5 Å². The summed E-state index contributed by atoms with van der Waals surface area (Å²) in [6.45, 7) is 4.75. The molecule has 20 heavy (non-hydrogen) atoms. The van der Waals surface area contributed by atoms with E-state index in [2.05, 4.69) is 27.8 Å². The Bertz CT molecular complexity index is 565. The minimum atomic E-state index is -0.412. The van der Waals surface area contributed by atoms with Crippen molar-refractivity contribution in [1.29, 1.82) is 0 Å². The highest BCUT2D eigenvalue weighted by Gasteiger charge is 2.38. The molecule has 2 aliphatic heterocycles. The number of Topliss-reactive ketones (excluding diaryl/α,β-unsaturated/α-hetero) is 1. The normalized spacial score (nSPS) is 20.6. The number of hydrogen-bond donors (Lipinski definition) is 0. The number of likely N-dealkylation sites (tertiary alicyclic amines) is 1.